The Morgan fingerprint density at radius 1 is 1.88 bits per heavy atom. The molecule has 0 spiro atoms. The Morgan fingerprint density at radius 2 is 2.50 bits per heavy atom. The first-order valence-electron chi connectivity index (χ1n) is 2.66. The molecule has 1 aliphatic rings. The van der Waals surface area contributed by atoms with Gasteiger partial charge in [0.1, 0.15) is 12.1 Å². The topological polar surface area (TPSA) is 52.3 Å². The van der Waals surface area contributed by atoms with Gasteiger partial charge in [-0.05, 0) is 6.92 Å². The summed E-state index contributed by atoms with van der Waals surface area (Å²) in [6.07, 6.45) is 0.691. The lowest BCUT2D eigenvalue weighted by molar-refractivity contribution is -0.141. The van der Waals surface area contributed by atoms with Crippen molar-refractivity contribution in [2.45, 2.75) is 25.5 Å². The van der Waals surface area contributed by atoms with Gasteiger partial charge in [0.15, 0.2) is 0 Å². The highest BCUT2D eigenvalue weighted by molar-refractivity contribution is 5.77. The molecule has 1 aliphatic heterocycles. The monoisotopic (exact) mass is 115 g/mol. The number of hydrogen-bond acceptors (Lipinski definition) is 3. The highest BCUT2D eigenvalue weighted by atomic mass is 16.6. The summed E-state index contributed by atoms with van der Waals surface area (Å²) in [5.74, 6) is -0.266. The summed E-state index contributed by atoms with van der Waals surface area (Å²) < 4.78 is 4.71. The van der Waals surface area contributed by atoms with Gasteiger partial charge in [-0.25, -0.2) is 0 Å². The first-order chi connectivity index (χ1) is 3.70. The van der Waals surface area contributed by atoms with E-state index in [1.807, 2.05) is 6.92 Å². The molecule has 1 heterocycles. The first-order valence-corrected chi connectivity index (χ1v) is 2.66. The predicted molar refractivity (Wildman–Crippen MR) is 28.1 cm³/mol. The van der Waals surface area contributed by atoms with E-state index in [4.69, 9.17) is 10.5 Å². The van der Waals surface area contributed by atoms with Crippen LogP contribution in [0, 0.1) is 0 Å². The molecule has 0 radical (unpaired) electrons. The van der Waals surface area contributed by atoms with Crippen molar-refractivity contribution in [2.24, 2.45) is 5.73 Å². The summed E-state index contributed by atoms with van der Waals surface area (Å²) in [7, 11) is 0. The van der Waals surface area contributed by atoms with Crippen LogP contribution < -0.4 is 5.73 Å². The molecule has 0 bridgehead atoms. The first kappa shape index (κ1) is 5.56. The zero-order valence-corrected chi connectivity index (χ0v) is 4.76. The van der Waals surface area contributed by atoms with E-state index in [0.717, 1.165) is 0 Å². The summed E-state index contributed by atoms with van der Waals surface area (Å²) in [4.78, 5) is 10.4. The maximum atomic E-state index is 10.4. The molecular weight excluding hydrogens is 106 g/mol. The van der Waals surface area contributed by atoms with E-state index >= 15 is 0 Å². The molecule has 3 nitrogen and oxygen atoms in total. The van der Waals surface area contributed by atoms with E-state index in [9.17, 15) is 4.79 Å². The van der Waals surface area contributed by atoms with Gasteiger partial charge in [-0.3, -0.25) is 4.79 Å². The van der Waals surface area contributed by atoms with E-state index in [1.165, 1.54) is 0 Å². The number of carbonyl (C=O) groups is 1. The fourth-order valence-electron chi connectivity index (χ4n) is 0.788. The lowest BCUT2D eigenvalue weighted by Crippen LogP contribution is -2.24. The Bertz CT molecular complexity index is 113. The molecule has 2 N–H and O–H groups in total. The average molecular weight is 115 g/mol. The standard InChI is InChI=1S/C5H9NO2/c1-3-2-4(6)5(7)8-3/h3-4H,2,6H2,1H3/t3-,4-/m0/s1. The zero-order chi connectivity index (χ0) is 6.15. The van der Waals surface area contributed by atoms with E-state index in [1.54, 1.807) is 0 Å². The lowest BCUT2D eigenvalue weighted by atomic mass is 10.2. The molecule has 0 aliphatic carbocycles. The van der Waals surface area contributed by atoms with Gasteiger partial charge in [0.2, 0.25) is 0 Å². The summed E-state index contributed by atoms with van der Waals surface area (Å²) in [5.41, 5.74) is 5.29. The number of rotatable bonds is 0. The Balaban J connectivity index is 2.51. The second kappa shape index (κ2) is 1.74. The molecule has 0 unspecified atom stereocenters. The average Bonchev–Trinajstić information content (AvgIpc) is 1.85. The van der Waals surface area contributed by atoms with Gasteiger partial charge in [-0.1, -0.05) is 0 Å². The van der Waals surface area contributed by atoms with Crippen LogP contribution in [0.3, 0.4) is 0 Å². The van der Waals surface area contributed by atoms with Crippen molar-refractivity contribution < 1.29 is 9.53 Å². The summed E-state index contributed by atoms with van der Waals surface area (Å²) >= 11 is 0. The van der Waals surface area contributed by atoms with Crippen molar-refractivity contribution in [3.05, 3.63) is 0 Å². The largest absolute Gasteiger partial charge is 0.461 e. The number of carbonyl (C=O) groups excluding carboxylic acids is 1. The third kappa shape index (κ3) is 0.816. The molecule has 0 aromatic carbocycles. The molecule has 8 heavy (non-hydrogen) atoms. The van der Waals surface area contributed by atoms with Gasteiger partial charge in [-0.2, -0.15) is 0 Å². The summed E-state index contributed by atoms with van der Waals surface area (Å²) in [5, 5.41) is 0. The highest BCUT2D eigenvalue weighted by Crippen LogP contribution is 2.10. The van der Waals surface area contributed by atoms with Crippen LogP contribution in [0.2, 0.25) is 0 Å². The van der Waals surface area contributed by atoms with Gasteiger partial charge in [0.05, 0.1) is 0 Å². The molecular formula is C5H9NO2. The smallest absolute Gasteiger partial charge is 0.323 e. The number of cyclic esters (lactones) is 1. The van der Waals surface area contributed by atoms with Crippen LogP contribution in [0.15, 0.2) is 0 Å². The summed E-state index contributed by atoms with van der Waals surface area (Å²) in [6.45, 7) is 1.84. The summed E-state index contributed by atoms with van der Waals surface area (Å²) in [6, 6.07) is -0.370. The van der Waals surface area contributed by atoms with Gasteiger partial charge >= 0.3 is 5.97 Å². The van der Waals surface area contributed by atoms with E-state index < -0.39 is 0 Å². The quantitative estimate of drug-likeness (QED) is 0.439. The van der Waals surface area contributed by atoms with Crippen LogP contribution in [0.1, 0.15) is 13.3 Å². The van der Waals surface area contributed by atoms with E-state index in [-0.39, 0.29) is 18.1 Å². The maximum Gasteiger partial charge on any atom is 0.323 e. The Labute approximate surface area is 47.8 Å². The van der Waals surface area contributed by atoms with Crippen molar-refractivity contribution in [3.63, 3.8) is 0 Å². The molecule has 0 aromatic heterocycles. The van der Waals surface area contributed by atoms with Crippen molar-refractivity contribution in [1.29, 1.82) is 0 Å². The maximum absolute atomic E-state index is 10.4. The SMILES string of the molecule is C[C@H]1C[C@H](N)C(=O)O1. The van der Waals surface area contributed by atoms with Gasteiger partial charge in [0, 0.05) is 6.42 Å². The third-order valence-corrected chi connectivity index (χ3v) is 1.21. The van der Waals surface area contributed by atoms with Crippen molar-refractivity contribution in [2.75, 3.05) is 0 Å². The number of esters is 1. The van der Waals surface area contributed by atoms with Crippen LogP contribution in [-0.4, -0.2) is 18.1 Å². The molecule has 46 valence electrons. The predicted octanol–water partition coefficient (Wildman–Crippen LogP) is -0.351. The van der Waals surface area contributed by atoms with Crippen molar-refractivity contribution >= 4 is 5.97 Å². The number of nitrogens with two attached hydrogens (primary N) is 1. The highest BCUT2D eigenvalue weighted by Gasteiger charge is 2.27. The van der Waals surface area contributed by atoms with Crippen LogP contribution in [0.5, 0.6) is 0 Å². The van der Waals surface area contributed by atoms with E-state index in [2.05, 4.69) is 0 Å². The minimum atomic E-state index is -0.370. The van der Waals surface area contributed by atoms with Gasteiger partial charge in [0.25, 0.3) is 0 Å². The van der Waals surface area contributed by atoms with Crippen LogP contribution in [-0.2, 0) is 9.53 Å². The normalized spacial score (nSPS) is 37.5. The molecule has 1 fully saturated rings. The Kier molecular flexibility index (Phi) is 1.21. The second-order valence-corrected chi connectivity index (χ2v) is 2.09. The second-order valence-electron chi connectivity index (χ2n) is 2.09. The number of hydrogen-bond donors (Lipinski definition) is 1. The Hall–Kier alpha value is -0.570. The number of ether oxygens (including phenoxy) is 1. The molecule has 1 saturated heterocycles. The van der Waals surface area contributed by atoms with Gasteiger partial charge in [-0.15, -0.1) is 0 Å². The van der Waals surface area contributed by atoms with Crippen molar-refractivity contribution in [3.8, 4) is 0 Å². The van der Waals surface area contributed by atoms with Crippen LogP contribution in [0.25, 0.3) is 0 Å². The third-order valence-electron chi connectivity index (χ3n) is 1.21. The van der Waals surface area contributed by atoms with Crippen LogP contribution in [0.4, 0.5) is 0 Å². The zero-order valence-electron chi connectivity index (χ0n) is 4.76. The molecule has 0 amide bonds. The van der Waals surface area contributed by atoms with Crippen LogP contribution >= 0.6 is 0 Å². The minimum absolute atomic E-state index is 0.0255. The Morgan fingerprint density at radius 3 is 2.62 bits per heavy atom. The molecule has 0 saturated carbocycles. The molecule has 0 aromatic rings. The fraction of sp³-hybridized carbons (Fsp3) is 0.800. The molecule has 3 heteroatoms. The lowest BCUT2D eigenvalue weighted by Gasteiger charge is -1.95. The van der Waals surface area contributed by atoms with E-state index in [0.29, 0.717) is 6.42 Å². The minimum Gasteiger partial charge on any atom is -0.461 e. The molecule has 2 atom stereocenters. The van der Waals surface area contributed by atoms with Gasteiger partial charge < -0.3 is 10.5 Å². The fourth-order valence-corrected chi connectivity index (χ4v) is 0.788. The molecule has 1 rings (SSSR count). The van der Waals surface area contributed by atoms with Crippen molar-refractivity contribution in [1.82, 2.24) is 0 Å².